The molecule has 2 aromatic carbocycles. The summed E-state index contributed by atoms with van der Waals surface area (Å²) in [6, 6.07) is 20.8. The maximum atomic E-state index is 13.2. The van der Waals surface area contributed by atoms with Gasteiger partial charge in [-0.1, -0.05) is 36.4 Å². The molecule has 0 radical (unpaired) electrons. The Kier molecular flexibility index (Phi) is 7.21. The zero-order valence-electron chi connectivity index (χ0n) is 19.9. The number of aryl methyl sites for hydroxylation is 1. The van der Waals surface area contributed by atoms with Crippen molar-refractivity contribution in [2.24, 2.45) is 0 Å². The average molecular weight is 481 g/mol. The molecule has 36 heavy (non-hydrogen) atoms. The number of nitrogen functional groups attached to an aromatic ring is 1. The topological polar surface area (TPSA) is 117 Å². The van der Waals surface area contributed by atoms with Crippen LogP contribution in [0.25, 0.3) is 11.1 Å². The number of hydrogen-bond acceptors (Lipinski definition) is 6. The summed E-state index contributed by atoms with van der Waals surface area (Å²) in [7, 11) is 0. The number of nitrogens with two attached hydrogens (primary N) is 1. The van der Waals surface area contributed by atoms with Gasteiger partial charge in [0.25, 0.3) is 5.91 Å². The van der Waals surface area contributed by atoms with Gasteiger partial charge in [-0.2, -0.15) is 5.26 Å². The van der Waals surface area contributed by atoms with Crippen molar-refractivity contribution in [2.45, 2.75) is 26.4 Å². The molecule has 4 N–H and O–H groups in total. The summed E-state index contributed by atoms with van der Waals surface area (Å²) >= 11 is 0. The zero-order chi connectivity index (χ0) is 25.7. The van der Waals surface area contributed by atoms with Crippen molar-refractivity contribution in [1.82, 2.24) is 15.3 Å². The van der Waals surface area contributed by atoms with Crippen LogP contribution in [-0.2, 0) is 6.54 Å². The molecule has 1 amide bonds. The second kappa shape index (κ2) is 10.7. The van der Waals surface area contributed by atoms with Crippen LogP contribution in [0.2, 0.25) is 0 Å². The number of nitrogens with zero attached hydrogens (tertiary/aromatic N) is 3. The SMILES string of the molecule is Cc1nc(N)ccc1-c1ccc(CNc2ncc(C#N)cc2C(=O)N[C@@H](C)c2ccc(F)cc2)cc1. The third-order valence-electron chi connectivity index (χ3n) is 5.81. The van der Waals surface area contributed by atoms with E-state index in [4.69, 9.17) is 5.73 Å². The molecule has 0 aliphatic heterocycles. The van der Waals surface area contributed by atoms with E-state index in [1.165, 1.54) is 24.4 Å². The predicted octanol–water partition coefficient (Wildman–Crippen LogP) is 5.15. The second-order valence-corrected chi connectivity index (χ2v) is 8.40. The molecule has 0 aliphatic carbocycles. The maximum Gasteiger partial charge on any atom is 0.255 e. The lowest BCUT2D eigenvalue weighted by molar-refractivity contribution is 0.0940. The van der Waals surface area contributed by atoms with E-state index in [-0.39, 0.29) is 28.9 Å². The van der Waals surface area contributed by atoms with Gasteiger partial charge >= 0.3 is 0 Å². The Bertz CT molecular complexity index is 1430. The molecule has 2 heterocycles. The maximum absolute atomic E-state index is 13.2. The van der Waals surface area contributed by atoms with Crippen LogP contribution in [0.3, 0.4) is 0 Å². The number of halogens is 1. The Labute approximate surface area is 208 Å². The molecule has 8 heteroatoms. The molecule has 0 spiro atoms. The lowest BCUT2D eigenvalue weighted by Crippen LogP contribution is -2.28. The summed E-state index contributed by atoms with van der Waals surface area (Å²) in [6.45, 7) is 4.15. The van der Waals surface area contributed by atoms with Crippen LogP contribution in [0.5, 0.6) is 0 Å². The molecule has 0 fully saturated rings. The van der Waals surface area contributed by atoms with Crippen LogP contribution in [0.15, 0.2) is 72.9 Å². The lowest BCUT2D eigenvalue weighted by atomic mass is 10.0. The average Bonchev–Trinajstić information content (AvgIpc) is 2.88. The highest BCUT2D eigenvalue weighted by molar-refractivity contribution is 5.99. The standard InChI is InChI=1S/C28H25FN6O/c1-17(21-7-9-23(29)10-8-21)35-28(36)25-13-20(14-30)16-33-27(25)32-15-19-3-5-22(6-4-19)24-11-12-26(31)34-18(24)2/h3-13,16-17H,15H2,1-2H3,(H2,31,34)(H,32,33)(H,35,36)/t17-/m0/s1. The van der Waals surface area contributed by atoms with Gasteiger partial charge in [0.1, 0.15) is 23.5 Å². The van der Waals surface area contributed by atoms with Crippen molar-refractivity contribution in [1.29, 1.82) is 5.26 Å². The van der Waals surface area contributed by atoms with Crippen LogP contribution < -0.4 is 16.4 Å². The predicted molar refractivity (Wildman–Crippen MR) is 137 cm³/mol. The molecule has 180 valence electrons. The van der Waals surface area contributed by atoms with Crippen LogP contribution in [0.1, 0.15) is 45.7 Å². The fourth-order valence-corrected chi connectivity index (χ4v) is 3.82. The smallest absolute Gasteiger partial charge is 0.255 e. The van der Waals surface area contributed by atoms with Crippen LogP contribution >= 0.6 is 0 Å². The summed E-state index contributed by atoms with van der Waals surface area (Å²) in [6.07, 6.45) is 1.42. The van der Waals surface area contributed by atoms with Crippen LogP contribution in [0.4, 0.5) is 16.0 Å². The van der Waals surface area contributed by atoms with Crippen molar-refractivity contribution in [3.05, 3.63) is 107 Å². The van der Waals surface area contributed by atoms with Gasteiger partial charge in [0.15, 0.2) is 0 Å². The number of hydrogen-bond donors (Lipinski definition) is 3. The number of benzene rings is 2. The molecule has 0 saturated heterocycles. The lowest BCUT2D eigenvalue weighted by Gasteiger charge is -2.16. The summed E-state index contributed by atoms with van der Waals surface area (Å²) < 4.78 is 13.2. The van der Waals surface area contributed by atoms with Gasteiger partial charge in [0.2, 0.25) is 0 Å². The number of nitriles is 1. The first-order valence-electron chi connectivity index (χ1n) is 11.4. The molecule has 0 aliphatic rings. The second-order valence-electron chi connectivity index (χ2n) is 8.40. The summed E-state index contributed by atoms with van der Waals surface area (Å²) in [5, 5.41) is 15.4. The molecule has 0 bridgehead atoms. The largest absolute Gasteiger partial charge is 0.384 e. The Morgan fingerprint density at radius 1 is 1.11 bits per heavy atom. The molecular formula is C28H25FN6O. The van der Waals surface area contributed by atoms with Crippen molar-refractivity contribution >= 4 is 17.5 Å². The minimum absolute atomic E-state index is 0.253. The Balaban J connectivity index is 1.49. The highest BCUT2D eigenvalue weighted by Crippen LogP contribution is 2.24. The fraction of sp³-hybridized carbons (Fsp3) is 0.143. The number of pyridine rings is 2. The normalized spacial score (nSPS) is 11.4. The summed E-state index contributed by atoms with van der Waals surface area (Å²) in [5.41, 5.74) is 10.9. The molecule has 0 saturated carbocycles. The van der Waals surface area contributed by atoms with Crippen LogP contribution in [-0.4, -0.2) is 15.9 Å². The third-order valence-corrected chi connectivity index (χ3v) is 5.81. The van der Waals surface area contributed by atoms with Gasteiger partial charge in [-0.3, -0.25) is 4.79 Å². The molecule has 4 rings (SSSR count). The van der Waals surface area contributed by atoms with Gasteiger partial charge in [-0.05, 0) is 60.9 Å². The molecular weight excluding hydrogens is 455 g/mol. The van der Waals surface area contributed by atoms with Gasteiger partial charge in [-0.25, -0.2) is 14.4 Å². The van der Waals surface area contributed by atoms with E-state index in [0.29, 0.717) is 18.2 Å². The van der Waals surface area contributed by atoms with E-state index in [9.17, 15) is 14.4 Å². The van der Waals surface area contributed by atoms with Crippen molar-refractivity contribution in [3.63, 3.8) is 0 Å². The van der Waals surface area contributed by atoms with E-state index >= 15 is 0 Å². The van der Waals surface area contributed by atoms with Gasteiger partial charge in [0.05, 0.1) is 17.2 Å². The number of nitrogens with one attached hydrogen (secondary N) is 2. The van der Waals surface area contributed by atoms with Gasteiger partial charge < -0.3 is 16.4 Å². The third kappa shape index (κ3) is 5.65. The van der Waals surface area contributed by atoms with E-state index in [2.05, 4.69) is 20.6 Å². The zero-order valence-corrected chi connectivity index (χ0v) is 19.9. The first-order chi connectivity index (χ1) is 17.3. The Morgan fingerprint density at radius 2 is 1.83 bits per heavy atom. The minimum Gasteiger partial charge on any atom is -0.384 e. The number of rotatable bonds is 7. The summed E-state index contributed by atoms with van der Waals surface area (Å²) in [5.74, 6) is 0.114. The first-order valence-corrected chi connectivity index (χ1v) is 11.4. The molecule has 1 atom stereocenters. The number of aromatic nitrogens is 2. The number of carbonyl (C=O) groups excluding carboxylic acids is 1. The molecule has 2 aromatic heterocycles. The monoisotopic (exact) mass is 480 g/mol. The van der Waals surface area contributed by atoms with E-state index in [1.807, 2.05) is 43.3 Å². The van der Waals surface area contributed by atoms with Gasteiger partial charge in [-0.15, -0.1) is 0 Å². The molecule has 7 nitrogen and oxygen atoms in total. The first kappa shape index (κ1) is 24.4. The number of amides is 1. The highest BCUT2D eigenvalue weighted by Gasteiger charge is 2.17. The van der Waals surface area contributed by atoms with Crippen molar-refractivity contribution < 1.29 is 9.18 Å². The van der Waals surface area contributed by atoms with E-state index < -0.39 is 0 Å². The van der Waals surface area contributed by atoms with Crippen molar-refractivity contribution in [3.8, 4) is 17.2 Å². The van der Waals surface area contributed by atoms with E-state index in [0.717, 1.165) is 27.9 Å². The fourth-order valence-electron chi connectivity index (χ4n) is 3.82. The quantitative estimate of drug-likeness (QED) is 0.337. The van der Waals surface area contributed by atoms with Crippen LogP contribution in [0, 0.1) is 24.1 Å². The molecule has 4 aromatic rings. The van der Waals surface area contributed by atoms with Crippen molar-refractivity contribution in [2.75, 3.05) is 11.1 Å². The summed E-state index contributed by atoms with van der Waals surface area (Å²) in [4.78, 5) is 21.7. The van der Waals surface area contributed by atoms with Gasteiger partial charge in [0, 0.05) is 24.0 Å². The highest BCUT2D eigenvalue weighted by atomic mass is 19.1. The number of carbonyl (C=O) groups is 1. The van der Waals surface area contributed by atoms with E-state index in [1.54, 1.807) is 25.1 Å². The Hall–Kier alpha value is -4.77. The Morgan fingerprint density at radius 3 is 2.50 bits per heavy atom. The number of anilines is 2. The molecule has 0 unspecified atom stereocenters. The minimum atomic E-state index is -0.388.